The van der Waals surface area contributed by atoms with Gasteiger partial charge in [-0.15, -0.1) is 11.6 Å². The lowest BCUT2D eigenvalue weighted by molar-refractivity contribution is 0.185. The Hall–Kier alpha value is -0.580. The summed E-state index contributed by atoms with van der Waals surface area (Å²) in [6, 6.07) is 2.45. The van der Waals surface area contributed by atoms with E-state index in [9.17, 15) is 0 Å². The molecular weight excluding hydrogens is 250 g/mol. The Morgan fingerprint density at radius 1 is 1.50 bits per heavy atom. The molecule has 0 saturated heterocycles. The highest BCUT2D eigenvalue weighted by Gasteiger charge is 2.09. The average Bonchev–Trinajstić information content (AvgIpc) is 2.81. The van der Waals surface area contributed by atoms with E-state index in [1.807, 2.05) is 4.68 Å². The number of hydrogen-bond acceptors (Lipinski definition) is 3. The number of rotatable bonds is 9. The first-order chi connectivity index (χ1) is 8.74. The lowest BCUT2D eigenvalue weighted by Crippen LogP contribution is -2.32. The molecule has 0 bridgehead atoms. The SMILES string of the molecule is CCc1cc(CNC(CCl)CCOC)n(CC)n1. The van der Waals surface area contributed by atoms with Gasteiger partial charge in [-0.05, 0) is 25.8 Å². The summed E-state index contributed by atoms with van der Waals surface area (Å²) in [5, 5.41) is 7.99. The molecule has 1 heterocycles. The third kappa shape index (κ3) is 4.59. The highest BCUT2D eigenvalue weighted by atomic mass is 35.5. The topological polar surface area (TPSA) is 39.1 Å². The van der Waals surface area contributed by atoms with Gasteiger partial charge in [-0.1, -0.05) is 6.92 Å². The predicted octanol–water partition coefficient (Wildman–Crippen LogP) is 2.20. The van der Waals surface area contributed by atoms with Gasteiger partial charge in [0.15, 0.2) is 0 Å². The van der Waals surface area contributed by atoms with Crippen LogP contribution < -0.4 is 5.32 Å². The van der Waals surface area contributed by atoms with Crippen LogP contribution in [-0.2, 0) is 24.2 Å². The molecule has 0 radical (unpaired) electrons. The number of nitrogens with zero attached hydrogens (tertiary/aromatic N) is 2. The lowest BCUT2D eigenvalue weighted by Gasteiger charge is -2.15. The molecule has 1 atom stereocenters. The van der Waals surface area contributed by atoms with E-state index in [-0.39, 0.29) is 6.04 Å². The number of aryl methyl sites for hydroxylation is 2. The minimum Gasteiger partial charge on any atom is -0.385 e. The summed E-state index contributed by atoms with van der Waals surface area (Å²) in [4.78, 5) is 0. The summed E-state index contributed by atoms with van der Waals surface area (Å²) in [7, 11) is 1.71. The Kier molecular flexibility index (Phi) is 7.32. The van der Waals surface area contributed by atoms with Crippen LogP contribution in [0.2, 0.25) is 0 Å². The number of methoxy groups -OCH3 is 1. The van der Waals surface area contributed by atoms with Gasteiger partial charge in [0.05, 0.1) is 11.4 Å². The second-order valence-corrected chi connectivity index (χ2v) is 4.62. The van der Waals surface area contributed by atoms with Crippen LogP contribution >= 0.6 is 11.6 Å². The Bertz CT molecular complexity index is 341. The molecule has 1 unspecified atom stereocenters. The zero-order valence-corrected chi connectivity index (χ0v) is 12.3. The van der Waals surface area contributed by atoms with Gasteiger partial charge in [0.25, 0.3) is 0 Å². The zero-order valence-electron chi connectivity index (χ0n) is 11.6. The van der Waals surface area contributed by atoms with Gasteiger partial charge in [0.2, 0.25) is 0 Å². The van der Waals surface area contributed by atoms with Crippen LogP contribution in [0.3, 0.4) is 0 Å². The molecule has 0 spiro atoms. The van der Waals surface area contributed by atoms with Crippen LogP contribution in [0, 0.1) is 0 Å². The van der Waals surface area contributed by atoms with Gasteiger partial charge in [-0.2, -0.15) is 5.10 Å². The molecule has 1 rings (SSSR count). The Balaban J connectivity index is 2.52. The molecular formula is C13H24ClN3O. The summed E-state index contributed by atoms with van der Waals surface area (Å²) in [6.45, 7) is 6.68. The number of ether oxygens (including phenoxy) is 1. The number of aromatic nitrogens is 2. The molecule has 0 fully saturated rings. The van der Waals surface area contributed by atoms with Crippen molar-refractivity contribution in [2.24, 2.45) is 0 Å². The quantitative estimate of drug-likeness (QED) is 0.701. The van der Waals surface area contributed by atoms with E-state index in [1.54, 1.807) is 7.11 Å². The van der Waals surface area contributed by atoms with E-state index in [0.717, 1.165) is 38.2 Å². The summed E-state index contributed by atoms with van der Waals surface area (Å²) >= 11 is 5.94. The van der Waals surface area contributed by atoms with Crippen LogP contribution in [0.5, 0.6) is 0 Å². The molecule has 18 heavy (non-hydrogen) atoms. The van der Waals surface area contributed by atoms with Gasteiger partial charge in [-0.25, -0.2) is 0 Å². The maximum absolute atomic E-state index is 5.94. The molecule has 0 aliphatic rings. The van der Waals surface area contributed by atoms with Crippen molar-refractivity contribution in [3.05, 3.63) is 17.5 Å². The Labute approximate surface area is 115 Å². The van der Waals surface area contributed by atoms with Gasteiger partial charge in [-0.3, -0.25) is 4.68 Å². The molecule has 0 amide bonds. The first kappa shape index (κ1) is 15.5. The molecule has 0 aromatic carbocycles. The molecule has 1 N–H and O–H groups in total. The fourth-order valence-corrected chi connectivity index (χ4v) is 2.11. The van der Waals surface area contributed by atoms with Crippen LogP contribution in [0.4, 0.5) is 0 Å². The summed E-state index contributed by atoms with van der Waals surface area (Å²) in [5.74, 6) is 0.601. The van der Waals surface area contributed by atoms with Gasteiger partial charge in [0.1, 0.15) is 0 Å². The second-order valence-electron chi connectivity index (χ2n) is 4.31. The van der Waals surface area contributed by atoms with Gasteiger partial charge >= 0.3 is 0 Å². The number of nitrogens with one attached hydrogen (secondary N) is 1. The molecule has 1 aromatic rings. The van der Waals surface area contributed by atoms with E-state index in [0.29, 0.717) is 5.88 Å². The Morgan fingerprint density at radius 2 is 2.28 bits per heavy atom. The van der Waals surface area contributed by atoms with Crippen molar-refractivity contribution in [3.63, 3.8) is 0 Å². The number of hydrogen-bond donors (Lipinski definition) is 1. The maximum atomic E-state index is 5.94. The van der Waals surface area contributed by atoms with Crippen LogP contribution in [0.1, 0.15) is 31.7 Å². The molecule has 5 heteroatoms. The first-order valence-electron chi connectivity index (χ1n) is 6.59. The molecule has 104 valence electrons. The summed E-state index contributed by atoms with van der Waals surface area (Å²) in [6.07, 6.45) is 1.91. The smallest absolute Gasteiger partial charge is 0.0625 e. The fourth-order valence-electron chi connectivity index (χ4n) is 1.85. The van der Waals surface area contributed by atoms with E-state index >= 15 is 0 Å². The zero-order chi connectivity index (χ0) is 13.4. The van der Waals surface area contributed by atoms with Crippen molar-refractivity contribution >= 4 is 11.6 Å². The molecule has 0 saturated carbocycles. The molecule has 1 aromatic heterocycles. The molecule has 4 nitrogen and oxygen atoms in total. The van der Waals surface area contributed by atoms with Crippen molar-refractivity contribution < 1.29 is 4.74 Å². The molecule has 0 aliphatic carbocycles. The van der Waals surface area contributed by atoms with E-state index in [2.05, 4.69) is 30.3 Å². The maximum Gasteiger partial charge on any atom is 0.0625 e. The van der Waals surface area contributed by atoms with Crippen molar-refractivity contribution in [2.75, 3.05) is 19.6 Å². The van der Waals surface area contributed by atoms with Crippen molar-refractivity contribution in [1.29, 1.82) is 0 Å². The Morgan fingerprint density at radius 3 is 2.83 bits per heavy atom. The van der Waals surface area contributed by atoms with Crippen LogP contribution in [0.25, 0.3) is 0 Å². The van der Waals surface area contributed by atoms with Crippen LogP contribution in [0.15, 0.2) is 6.07 Å². The normalized spacial score (nSPS) is 12.9. The lowest BCUT2D eigenvalue weighted by atomic mass is 10.2. The van der Waals surface area contributed by atoms with E-state index in [4.69, 9.17) is 16.3 Å². The van der Waals surface area contributed by atoms with Gasteiger partial charge < -0.3 is 10.1 Å². The third-order valence-electron chi connectivity index (χ3n) is 3.00. The molecule has 0 aliphatic heterocycles. The first-order valence-corrected chi connectivity index (χ1v) is 7.12. The largest absolute Gasteiger partial charge is 0.385 e. The number of alkyl halides is 1. The highest BCUT2D eigenvalue weighted by molar-refractivity contribution is 6.18. The minimum absolute atomic E-state index is 0.289. The van der Waals surface area contributed by atoms with Crippen molar-refractivity contribution in [3.8, 4) is 0 Å². The van der Waals surface area contributed by atoms with Gasteiger partial charge in [0, 0.05) is 38.7 Å². The second kappa shape index (κ2) is 8.51. The predicted molar refractivity (Wildman–Crippen MR) is 75.1 cm³/mol. The van der Waals surface area contributed by atoms with Crippen molar-refractivity contribution in [2.45, 2.75) is 45.8 Å². The summed E-state index contributed by atoms with van der Waals surface area (Å²) in [5.41, 5.74) is 2.37. The standard InChI is InChI=1S/C13H24ClN3O/c1-4-11-8-13(17(5-2)16-11)10-15-12(9-14)6-7-18-3/h8,12,15H,4-7,9-10H2,1-3H3. The third-order valence-corrected chi connectivity index (χ3v) is 3.38. The highest BCUT2D eigenvalue weighted by Crippen LogP contribution is 2.06. The minimum atomic E-state index is 0.289. The number of halogens is 1. The van der Waals surface area contributed by atoms with E-state index in [1.165, 1.54) is 5.69 Å². The monoisotopic (exact) mass is 273 g/mol. The summed E-state index contributed by atoms with van der Waals surface area (Å²) < 4.78 is 7.13. The van der Waals surface area contributed by atoms with E-state index < -0.39 is 0 Å². The van der Waals surface area contributed by atoms with Crippen LogP contribution in [-0.4, -0.2) is 35.4 Å². The fraction of sp³-hybridized carbons (Fsp3) is 0.769. The average molecular weight is 274 g/mol. The van der Waals surface area contributed by atoms with Crippen molar-refractivity contribution in [1.82, 2.24) is 15.1 Å².